The van der Waals surface area contributed by atoms with Crippen LogP contribution < -0.4 is 16.0 Å². The van der Waals surface area contributed by atoms with Gasteiger partial charge in [0.15, 0.2) is 0 Å². The summed E-state index contributed by atoms with van der Waals surface area (Å²) in [5.74, 6) is 6.61. The first-order valence-corrected chi connectivity index (χ1v) is 7.43. The quantitative estimate of drug-likeness (QED) is 0.673. The second kappa shape index (κ2) is 5.31. The Labute approximate surface area is 125 Å². The third kappa shape index (κ3) is 2.35. The molecule has 0 saturated heterocycles. The summed E-state index contributed by atoms with van der Waals surface area (Å²) in [6, 6.07) is 7.70. The molecular formula is C13H12Cl2N2OS. The van der Waals surface area contributed by atoms with E-state index in [1.54, 1.807) is 0 Å². The minimum Gasteiger partial charge on any atom is -0.493 e. The van der Waals surface area contributed by atoms with Crippen molar-refractivity contribution in [2.45, 2.75) is 12.5 Å². The number of hydrazine groups is 1. The number of rotatable bonds is 3. The molecule has 1 aromatic carbocycles. The molecular weight excluding hydrogens is 303 g/mol. The van der Waals surface area contributed by atoms with Crippen LogP contribution in [0.2, 0.25) is 8.67 Å². The highest BCUT2D eigenvalue weighted by Gasteiger charge is 2.25. The number of para-hydroxylation sites is 1. The molecule has 2 heterocycles. The summed E-state index contributed by atoms with van der Waals surface area (Å²) in [7, 11) is 0. The lowest BCUT2D eigenvalue weighted by atomic mass is 9.98. The van der Waals surface area contributed by atoms with Gasteiger partial charge in [-0.15, -0.1) is 11.3 Å². The highest BCUT2D eigenvalue weighted by molar-refractivity contribution is 7.20. The molecule has 1 aliphatic heterocycles. The average molecular weight is 315 g/mol. The zero-order valence-electron chi connectivity index (χ0n) is 9.95. The summed E-state index contributed by atoms with van der Waals surface area (Å²) < 4.78 is 7.00. The van der Waals surface area contributed by atoms with Crippen molar-refractivity contribution in [1.82, 2.24) is 5.43 Å². The first-order valence-electron chi connectivity index (χ1n) is 5.86. The fourth-order valence-electron chi connectivity index (χ4n) is 2.36. The highest BCUT2D eigenvalue weighted by atomic mass is 35.5. The van der Waals surface area contributed by atoms with Crippen LogP contribution in [0.5, 0.6) is 5.75 Å². The van der Waals surface area contributed by atoms with Crippen LogP contribution in [0.3, 0.4) is 0 Å². The van der Waals surface area contributed by atoms with Crippen LogP contribution >= 0.6 is 34.5 Å². The van der Waals surface area contributed by atoms with Crippen LogP contribution in [0.25, 0.3) is 0 Å². The van der Waals surface area contributed by atoms with Crippen molar-refractivity contribution in [1.29, 1.82) is 0 Å². The van der Waals surface area contributed by atoms with Crippen molar-refractivity contribution >= 4 is 34.5 Å². The molecule has 6 heteroatoms. The SMILES string of the molecule is NNC(c1cc(Cl)sc1Cl)c1cccc2c1OCC2. The van der Waals surface area contributed by atoms with Crippen molar-refractivity contribution in [2.24, 2.45) is 5.84 Å². The minimum absolute atomic E-state index is 0.218. The van der Waals surface area contributed by atoms with Crippen molar-refractivity contribution in [3.05, 3.63) is 49.6 Å². The summed E-state index contributed by atoms with van der Waals surface area (Å²) in [6.45, 7) is 0.710. The van der Waals surface area contributed by atoms with Gasteiger partial charge in [0.05, 0.1) is 21.3 Å². The lowest BCUT2D eigenvalue weighted by molar-refractivity contribution is 0.350. The van der Waals surface area contributed by atoms with Crippen LogP contribution in [0.1, 0.15) is 22.7 Å². The Morgan fingerprint density at radius 2 is 2.16 bits per heavy atom. The molecule has 0 spiro atoms. The summed E-state index contributed by atoms with van der Waals surface area (Å²) in [5, 5.41) is 0. The molecule has 100 valence electrons. The summed E-state index contributed by atoms with van der Waals surface area (Å²) in [6.07, 6.45) is 0.929. The Balaban J connectivity index is 2.09. The molecule has 1 aliphatic rings. The molecule has 0 fully saturated rings. The average Bonchev–Trinajstić information content (AvgIpc) is 2.98. The van der Waals surface area contributed by atoms with E-state index >= 15 is 0 Å². The molecule has 3 rings (SSSR count). The molecule has 2 aromatic rings. The smallest absolute Gasteiger partial charge is 0.127 e. The lowest BCUT2D eigenvalue weighted by Crippen LogP contribution is -2.29. The van der Waals surface area contributed by atoms with Gasteiger partial charge >= 0.3 is 0 Å². The van der Waals surface area contributed by atoms with Crippen LogP contribution in [0.15, 0.2) is 24.3 Å². The van der Waals surface area contributed by atoms with Crippen molar-refractivity contribution in [3.8, 4) is 5.75 Å². The van der Waals surface area contributed by atoms with Gasteiger partial charge in [0.1, 0.15) is 5.75 Å². The summed E-state index contributed by atoms with van der Waals surface area (Å²) in [5.41, 5.74) is 5.88. The van der Waals surface area contributed by atoms with E-state index in [4.69, 9.17) is 33.8 Å². The highest BCUT2D eigenvalue weighted by Crippen LogP contribution is 2.41. The third-order valence-corrected chi connectivity index (χ3v) is 4.73. The van der Waals surface area contributed by atoms with E-state index in [2.05, 4.69) is 11.5 Å². The van der Waals surface area contributed by atoms with Crippen LogP contribution in [-0.4, -0.2) is 6.61 Å². The van der Waals surface area contributed by atoms with Gasteiger partial charge in [-0.2, -0.15) is 0 Å². The lowest BCUT2D eigenvalue weighted by Gasteiger charge is -2.18. The molecule has 0 radical (unpaired) electrons. The zero-order chi connectivity index (χ0) is 13.4. The van der Waals surface area contributed by atoms with Gasteiger partial charge in [0, 0.05) is 17.5 Å². The number of nitrogens with two attached hydrogens (primary N) is 1. The molecule has 0 bridgehead atoms. The predicted octanol–water partition coefficient (Wildman–Crippen LogP) is 3.54. The van der Waals surface area contributed by atoms with E-state index in [-0.39, 0.29) is 6.04 Å². The van der Waals surface area contributed by atoms with Crippen LogP contribution in [0.4, 0.5) is 0 Å². The summed E-state index contributed by atoms with van der Waals surface area (Å²) in [4.78, 5) is 0. The molecule has 1 atom stereocenters. The Bertz CT molecular complexity index is 615. The largest absolute Gasteiger partial charge is 0.493 e. The first kappa shape index (κ1) is 13.2. The van der Waals surface area contributed by atoms with Crippen LogP contribution in [0, 0.1) is 0 Å². The van der Waals surface area contributed by atoms with Gasteiger partial charge in [0.2, 0.25) is 0 Å². The Hall–Kier alpha value is -0.780. The number of halogens is 2. The maximum absolute atomic E-state index is 6.22. The van der Waals surface area contributed by atoms with Gasteiger partial charge in [-0.3, -0.25) is 5.84 Å². The maximum Gasteiger partial charge on any atom is 0.127 e. The molecule has 1 aromatic heterocycles. The van der Waals surface area contributed by atoms with Gasteiger partial charge in [-0.1, -0.05) is 41.4 Å². The van der Waals surface area contributed by atoms with E-state index in [1.807, 2.05) is 18.2 Å². The van der Waals surface area contributed by atoms with E-state index in [1.165, 1.54) is 16.9 Å². The van der Waals surface area contributed by atoms with Gasteiger partial charge in [-0.05, 0) is 11.6 Å². The standard InChI is InChI=1S/C13H12Cl2N2OS/c14-10-6-9(13(15)19-10)11(17-16)8-3-1-2-7-4-5-18-12(7)8/h1-3,6,11,17H,4-5,16H2. The van der Waals surface area contributed by atoms with E-state index in [9.17, 15) is 0 Å². The number of hydrogen-bond donors (Lipinski definition) is 2. The number of fused-ring (bicyclic) bond motifs is 1. The maximum atomic E-state index is 6.22. The Kier molecular flexibility index (Phi) is 3.69. The fraction of sp³-hybridized carbons (Fsp3) is 0.231. The number of hydrogen-bond acceptors (Lipinski definition) is 4. The van der Waals surface area contributed by atoms with E-state index in [0.717, 1.165) is 23.3 Å². The second-order valence-corrected chi connectivity index (χ2v) is 6.60. The first-order chi connectivity index (χ1) is 9.20. The minimum atomic E-state index is -0.218. The topological polar surface area (TPSA) is 47.3 Å². The zero-order valence-corrected chi connectivity index (χ0v) is 12.3. The van der Waals surface area contributed by atoms with Crippen molar-refractivity contribution in [3.63, 3.8) is 0 Å². The van der Waals surface area contributed by atoms with Gasteiger partial charge in [-0.25, -0.2) is 5.43 Å². The second-order valence-electron chi connectivity index (χ2n) is 4.31. The number of benzene rings is 1. The van der Waals surface area contributed by atoms with Gasteiger partial charge < -0.3 is 4.74 Å². The molecule has 3 N–H and O–H groups in total. The Morgan fingerprint density at radius 3 is 2.84 bits per heavy atom. The van der Waals surface area contributed by atoms with Crippen molar-refractivity contribution < 1.29 is 4.74 Å². The fourth-order valence-corrected chi connectivity index (χ4v) is 3.90. The number of thiophene rings is 1. The molecule has 1 unspecified atom stereocenters. The van der Waals surface area contributed by atoms with E-state index < -0.39 is 0 Å². The third-order valence-electron chi connectivity index (χ3n) is 3.22. The molecule has 0 aliphatic carbocycles. The van der Waals surface area contributed by atoms with Crippen molar-refractivity contribution in [2.75, 3.05) is 6.61 Å². The summed E-state index contributed by atoms with van der Waals surface area (Å²) >= 11 is 13.6. The number of ether oxygens (including phenoxy) is 1. The molecule has 3 nitrogen and oxygen atoms in total. The Morgan fingerprint density at radius 1 is 1.32 bits per heavy atom. The monoisotopic (exact) mass is 314 g/mol. The molecule has 0 amide bonds. The van der Waals surface area contributed by atoms with Gasteiger partial charge in [0.25, 0.3) is 0 Å². The van der Waals surface area contributed by atoms with Crippen LogP contribution in [-0.2, 0) is 6.42 Å². The molecule has 0 saturated carbocycles. The predicted molar refractivity (Wildman–Crippen MR) is 79.1 cm³/mol. The normalized spacial score (nSPS) is 15.1. The molecule has 19 heavy (non-hydrogen) atoms. The van der Waals surface area contributed by atoms with E-state index in [0.29, 0.717) is 15.3 Å². The number of nitrogens with one attached hydrogen (secondary N) is 1.